The van der Waals surface area contributed by atoms with Crippen LogP contribution in [0.25, 0.3) is 11.0 Å². The molecular weight excluding hydrogens is 409 g/mol. The van der Waals surface area contributed by atoms with E-state index < -0.39 is 5.82 Å². The van der Waals surface area contributed by atoms with E-state index in [1.807, 2.05) is 0 Å². The molecule has 3 heterocycles. The minimum atomic E-state index is -0.488. The van der Waals surface area contributed by atoms with Gasteiger partial charge >= 0.3 is 0 Å². The second-order valence-corrected chi connectivity index (χ2v) is 7.68. The zero-order chi connectivity index (χ0) is 21.1. The molecule has 1 amide bonds. The van der Waals surface area contributed by atoms with Crippen molar-refractivity contribution in [2.75, 3.05) is 29.9 Å². The van der Waals surface area contributed by atoms with Crippen LogP contribution in [0.5, 0.6) is 0 Å². The van der Waals surface area contributed by atoms with Crippen molar-refractivity contribution in [3.63, 3.8) is 0 Å². The minimum Gasteiger partial charge on any atom is -0.356 e. The number of benzene rings is 1. The molecule has 1 atom stereocenters. The Kier molecular flexibility index (Phi) is 5.89. The van der Waals surface area contributed by atoms with E-state index in [0.717, 1.165) is 25.9 Å². The molecule has 2 aromatic heterocycles. The molecule has 4 rings (SSSR count). The Morgan fingerprint density at radius 2 is 2.20 bits per heavy atom. The Morgan fingerprint density at radius 1 is 1.33 bits per heavy atom. The molecule has 8 nitrogen and oxygen atoms in total. The molecular formula is C20H21ClFN7O. The summed E-state index contributed by atoms with van der Waals surface area (Å²) >= 11 is 5.88. The van der Waals surface area contributed by atoms with Crippen molar-refractivity contribution in [1.29, 1.82) is 0 Å². The number of hydrogen-bond donors (Lipinski definition) is 2. The van der Waals surface area contributed by atoms with Crippen molar-refractivity contribution in [1.82, 2.24) is 25.3 Å². The SMILES string of the molecule is CC(=O)NCC1CCCN(c2ncc3ncnc(Nc4ccc(F)c(Cl)c4)c3n2)C1. The number of carbonyl (C=O) groups is 1. The first-order valence-corrected chi connectivity index (χ1v) is 10.1. The van der Waals surface area contributed by atoms with E-state index in [9.17, 15) is 9.18 Å². The Balaban J connectivity index is 1.59. The van der Waals surface area contributed by atoms with Crippen LogP contribution in [-0.2, 0) is 4.79 Å². The molecule has 2 N–H and O–H groups in total. The third kappa shape index (κ3) is 4.56. The maximum atomic E-state index is 13.4. The standard InChI is InChI=1S/C20H21ClFN7O/c1-12(30)23-8-13-3-2-6-29(10-13)20-24-9-17-18(28-20)19(26-11-25-17)27-14-4-5-16(22)15(21)7-14/h4-5,7,9,11,13H,2-3,6,8,10H2,1H3,(H,23,30)(H,25,26,27). The van der Waals surface area contributed by atoms with Gasteiger partial charge in [0.05, 0.1) is 11.2 Å². The van der Waals surface area contributed by atoms with Gasteiger partial charge in [0.2, 0.25) is 11.9 Å². The highest BCUT2D eigenvalue weighted by Gasteiger charge is 2.22. The molecule has 0 radical (unpaired) electrons. The fourth-order valence-electron chi connectivity index (χ4n) is 3.50. The molecule has 0 saturated carbocycles. The second kappa shape index (κ2) is 8.74. The topological polar surface area (TPSA) is 95.9 Å². The number of halogens is 2. The number of aromatic nitrogens is 4. The summed E-state index contributed by atoms with van der Waals surface area (Å²) in [5.41, 5.74) is 1.75. The number of fused-ring (bicyclic) bond motifs is 1. The highest BCUT2D eigenvalue weighted by atomic mass is 35.5. The summed E-state index contributed by atoms with van der Waals surface area (Å²) in [7, 11) is 0. The number of nitrogens with one attached hydrogen (secondary N) is 2. The van der Waals surface area contributed by atoms with Crippen molar-refractivity contribution in [3.8, 4) is 0 Å². The molecule has 1 unspecified atom stereocenters. The van der Waals surface area contributed by atoms with Gasteiger partial charge in [0.15, 0.2) is 5.82 Å². The molecule has 0 aliphatic carbocycles. The van der Waals surface area contributed by atoms with Gasteiger partial charge < -0.3 is 15.5 Å². The molecule has 1 saturated heterocycles. The first kappa shape index (κ1) is 20.2. The van der Waals surface area contributed by atoms with Crippen LogP contribution in [0.15, 0.2) is 30.7 Å². The Labute approximate surface area is 177 Å². The molecule has 1 aromatic carbocycles. The number of anilines is 3. The zero-order valence-corrected chi connectivity index (χ0v) is 17.2. The average molecular weight is 430 g/mol. The molecule has 0 bridgehead atoms. The summed E-state index contributed by atoms with van der Waals surface area (Å²) in [4.78, 5) is 31.0. The predicted molar refractivity (Wildman–Crippen MR) is 113 cm³/mol. The maximum absolute atomic E-state index is 13.4. The summed E-state index contributed by atoms with van der Waals surface area (Å²) in [6.07, 6.45) is 5.13. The number of hydrogen-bond acceptors (Lipinski definition) is 7. The summed E-state index contributed by atoms with van der Waals surface area (Å²) < 4.78 is 13.4. The van der Waals surface area contributed by atoms with Crippen molar-refractivity contribution < 1.29 is 9.18 Å². The molecule has 1 fully saturated rings. The largest absolute Gasteiger partial charge is 0.356 e. The first-order valence-electron chi connectivity index (χ1n) is 9.69. The lowest BCUT2D eigenvalue weighted by atomic mass is 9.98. The van der Waals surface area contributed by atoms with Crippen molar-refractivity contribution in [3.05, 3.63) is 41.6 Å². The second-order valence-electron chi connectivity index (χ2n) is 7.27. The van der Waals surface area contributed by atoms with Crippen LogP contribution in [0, 0.1) is 11.7 Å². The monoisotopic (exact) mass is 429 g/mol. The molecule has 1 aliphatic rings. The summed E-state index contributed by atoms with van der Waals surface area (Å²) in [6, 6.07) is 4.36. The maximum Gasteiger partial charge on any atom is 0.226 e. The van der Waals surface area contributed by atoms with Gasteiger partial charge in [-0.3, -0.25) is 4.79 Å². The van der Waals surface area contributed by atoms with Crippen LogP contribution in [0.1, 0.15) is 19.8 Å². The van der Waals surface area contributed by atoms with Gasteiger partial charge in [0.1, 0.15) is 23.2 Å². The van der Waals surface area contributed by atoms with Gasteiger partial charge in [-0.15, -0.1) is 0 Å². The fourth-order valence-corrected chi connectivity index (χ4v) is 3.68. The van der Waals surface area contributed by atoms with E-state index in [0.29, 0.717) is 40.9 Å². The smallest absolute Gasteiger partial charge is 0.226 e. The van der Waals surface area contributed by atoms with Gasteiger partial charge in [-0.2, -0.15) is 0 Å². The minimum absolute atomic E-state index is 0.0206. The predicted octanol–water partition coefficient (Wildman–Crippen LogP) is 3.31. The fraction of sp³-hybridized carbons (Fsp3) is 0.350. The van der Waals surface area contributed by atoms with Crippen molar-refractivity contribution in [2.24, 2.45) is 5.92 Å². The van der Waals surface area contributed by atoms with E-state index >= 15 is 0 Å². The van der Waals surface area contributed by atoms with E-state index in [-0.39, 0.29) is 10.9 Å². The molecule has 0 spiro atoms. The Morgan fingerprint density at radius 3 is 3.00 bits per heavy atom. The van der Waals surface area contributed by atoms with Gasteiger partial charge in [-0.1, -0.05) is 11.6 Å². The molecule has 1 aliphatic heterocycles. The van der Waals surface area contributed by atoms with Crippen LogP contribution in [0.4, 0.5) is 21.8 Å². The van der Waals surface area contributed by atoms with Gasteiger partial charge in [-0.25, -0.2) is 24.3 Å². The van der Waals surface area contributed by atoms with E-state index in [4.69, 9.17) is 16.6 Å². The van der Waals surface area contributed by atoms with Crippen LogP contribution >= 0.6 is 11.6 Å². The number of piperidine rings is 1. The van der Waals surface area contributed by atoms with Gasteiger partial charge in [0.25, 0.3) is 0 Å². The molecule has 3 aromatic rings. The Bertz CT molecular complexity index is 1080. The number of amides is 1. The number of nitrogens with zero attached hydrogens (tertiary/aromatic N) is 5. The third-order valence-corrected chi connectivity index (χ3v) is 5.28. The van der Waals surface area contributed by atoms with Crippen LogP contribution < -0.4 is 15.5 Å². The number of carbonyl (C=O) groups excluding carboxylic acids is 1. The third-order valence-electron chi connectivity index (χ3n) is 4.99. The van der Waals surface area contributed by atoms with E-state index in [1.165, 1.54) is 25.4 Å². The summed E-state index contributed by atoms with van der Waals surface area (Å²) in [5, 5.41) is 6.04. The van der Waals surface area contributed by atoms with Crippen LogP contribution in [-0.4, -0.2) is 45.5 Å². The highest BCUT2D eigenvalue weighted by Crippen LogP contribution is 2.27. The normalized spacial score (nSPS) is 16.5. The molecule has 30 heavy (non-hydrogen) atoms. The summed E-state index contributed by atoms with van der Waals surface area (Å²) in [6.45, 7) is 3.76. The van der Waals surface area contributed by atoms with Crippen molar-refractivity contribution >= 4 is 46.0 Å². The lowest BCUT2D eigenvalue weighted by molar-refractivity contribution is -0.119. The highest BCUT2D eigenvalue weighted by molar-refractivity contribution is 6.31. The Hall–Kier alpha value is -3.07. The van der Waals surface area contributed by atoms with Gasteiger partial charge in [0, 0.05) is 32.2 Å². The average Bonchev–Trinajstić information content (AvgIpc) is 2.75. The summed E-state index contributed by atoms with van der Waals surface area (Å²) in [5.74, 6) is 0.900. The molecule has 10 heteroatoms. The van der Waals surface area contributed by atoms with E-state index in [2.05, 4.69) is 30.5 Å². The van der Waals surface area contributed by atoms with Crippen LogP contribution in [0.2, 0.25) is 5.02 Å². The van der Waals surface area contributed by atoms with Crippen molar-refractivity contribution in [2.45, 2.75) is 19.8 Å². The van der Waals surface area contributed by atoms with Crippen LogP contribution in [0.3, 0.4) is 0 Å². The molecule has 156 valence electrons. The lowest BCUT2D eigenvalue weighted by Crippen LogP contribution is -2.41. The van der Waals surface area contributed by atoms with Gasteiger partial charge in [-0.05, 0) is 37.0 Å². The zero-order valence-electron chi connectivity index (χ0n) is 16.4. The first-order chi connectivity index (χ1) is 14.5. The van der Waals surface area contributed by atoms with E-state index in [1.54, 1.807) is 12.3 Å². The lowest BCUT2D eigenvalue weighted by Gasteiger charge is -2.32. The number of rotatable bonds is 5. The quantitative estimate of drug-likeness (QED) is 0.642.